The Balaban J connectivity index is 4.63. The highest BCUT2D eigenvalue weighted by molar-refractivity contribution is 7.89. The summed E-state index contributed by atoms with van der Waals surface area (Å²) in [6, 6.07) is -0.426. The molecule has 0 saturated heterocycles. The van der Waals surface area contributed by atoms with Crippen LogP contribution in [0.3, 0.4) is 0 Å². The first-order valence-electron chi connectivity index (χ1n) is 4.33. The Morgan fingerprint density at radius 3 is 1.93 bits per heavy atom. The molecule has 0 heterocycles. The molecule has 0 aliphatic carbocycles. The van der Waals surface area contributed by atoms with Crippen molar-refractivity contribution in [2.24, 2.45) is 5.92 Å². The zero-order chi connectivity index (χ0) is 11.5. The van der Waals surface area contributed by atoms with E-state index in [0.29, 0.717) is 0 Å². The van der Waals surface area contributed by atoms with E-state index in [2.05, 4.69) is 0 Å². The van der Waals surface area contributed by atoms with E-state index in [9.17, 15) is 13.2 Å². The minimum atomic E-state index is -3.46. The standard InChI is InChI=1S/C8H18N2O3S/c1-6(2)7(10(3)4)8(11)9-14(5,12)13/h6-7H,1-5H3,(H,9,11). The fourth-order valence-corrected chi connectivity index (χ4v) is 1.86. The summed E-state index contributed by atoms with van der Waals surface area (Å²) >= 11 is 0. The Morgan fingerprint density at radius 1 is 1.29 bits per heavy atom. The predicted molar refractivity (Wildman–Crippen MR) is 55.3 cm³/mol. The van der Waals surface area contributed by atoms with Gasteiger partial charge in [-0.1, -0.05) is 13.8 Å². The molecular weight excluding hydrogens is 204 g/mol. The zero-order valence-corrected chi connectivity index (χ0v) is 10.1. The molecule has 0 radical (unpaired) electrons. The van der Waals surface area contributed by atoms with Crippen molar-refractivity contribution in [3.05, 3.63) is 0 Å². The third-order valence-corrected chi connectivity index (χ3v) is 2.31. The highest BCUT2D eigenvalue weighted by atomic mass is 32.2. The van der Waals surface area contributed by atoms with Crippen LogP contribution in [-0.2, 0) is 14.8 Å². The molecule has 5 nitrogen and oxygen atoms in total. The zero-order valence-electron chi connectivity index (χ0n) is 9.23. The van der Waals surface area contributed by atoms with Gasteiger partial charge in [0.15, 0.2) is 0 Å². The Morgan fingerprint density at radius 2 is 1.71 bits per heavy atom. The number of sulfonamides is 1. The number of nitrogens with zero attached hydrogens (tertiary/aromatic N) is 1. The van der Waals surface area contributed by atoms with Crippen LogP contribution in [-0.4, -0.2) is 45.6 Å². The number of nitrogens with one attached hydrogen (secondary N) is 1. The summed E-state index contributed by atoms with van der Waals surface area (Å²) in [5.74, 6) is -0.417. The molecule has 0 aliphatic heterocycles. The third-order valence-electron chi connectivity index (χ3n) is 1.74. The number of carbonyl (C=O) groups excluding carboxylic acids is 1. The number of hydrogen-bond acceptors (Lipinski definition) is 4. The second kappa shape index (κ2) is 4.75. The van der Waals surface area contributed by atoms with E-state index >= 15 is 0 Å². The van der Waals surface area contributed by atoms with Crippen molar-refractivity contribution in [2.75, 3.05) is 20.4 Å². The monoisotopic (exact) mass is 222 g/mol. The molecule has 0 bridgehead atoms. The van der Waals surface area contributed by atoms with Gasteiger partial charge in [-0.15, -0.1) is 0 Å². The van der Waals surface area contributed by atoms with Crippen LogP contribution in [0.5, 0.6) is 0 Å². The lowest BCUT2D eigenvalue weighted by molar-refractivity contribution is -0.125. The van der Waals surface area contributed by atoms with E-state index < -0.39 is 22.0 Å². The summed E-state index contributed by atoms with van der Waals surface area (Å²) < 4.78 is 23.7. The van der Waals surface area contributed by atoms with Crippen molar-refractivity contribution >= 4 is 15.9 Å². The van der Waals surface area contributed by atoms with Crippen LogP contribution >= 0.6 is 0 Å². The highest BCUT2D eigenvalue weighted by Gasteiger charge is 2.26. The molecule has 1 amide bonds. The normalized spacial score (nSPS) is 14.5. The van der Waals surface area contributed by atoms with Gasteiger partial charge in [-0.25, -0.2) is 8.42 Å². The SMILES string of the molecule is CC(C)C(C(=O)NS(C)(=O)=O)N(C)C. The van der Waals surface area contributed by atoms with Crippen LogP contribution in [0.1, 0.15) is 13.8 Å². The lowest BCUT2D eigenvalue weighted by Crippen LogP contribution is -2.48. The first kappa shape index (κ1) is 13.4. The molecule has 0 saturated carbocycles. The van der Waals surface area contributed by atoms with Gasteiger partial charge in [0.25, 0.3) is 5.91 Å². The molecule has 0 aromatic heterocycles. The molecule has 0 spiro atoms. The number of amides is 1. The molecule has 0 aromatic carbocycles. The average Bonchev–Trinajstić information content (AvgIpc) is 1.78. The van der Waals surface area contributed by atoms with Crippen molar-refractivity contribution in [1.29, 1.82) is 0 Å². The number of hydrogen-bond donors (Lipinski definition) is 1. The molecule has 1 unspecified atom stereocenters. The average molecular weight is 222 g/mol. The molecule has 0 fully saturated rings. The topological polar surface area (TPSA) is 66.5 Å². The van der Waals surface area contributed by atoms with Gasteiger partial charge in [0.2, 0.25) is 10.0 Å². The summed E-state index contributed by atoms with van der Waals surface area (Å²) in [7, 11) is 0.0235. The Hall–Kier alpha value is -0.620. The smallest absolute Gasteiger partial charge is 0.251 e. The Bertz CT molecular complexity index is 288. The van der Waals surface area contributed by atoms with Gasteiger partial charge in [0.1, 0.15) is 0 Å². The number of carbonyl (C=O) groups is 1. The maximum absolute atomic E-state index is 11.5. The maximum atomic E-state index is 11.5. The lowest BCUT2D eigenvalue weighted by atomic mass is 10.0. The first-order chi connectivity index (χ1) is 6.15. The van der Waals surface area contributed by atoms with Gasteiger partial charge in [-0.2, -0.15) is 0 Å². The minimum Gasteiger partial charge on any atom is -0.298 e. The van der Waals surface area contributed by atoms with Crippen molar-refractivity contribution in [3.8, 4) is 0 Å². The quantitative estimate of drug-likeness (QED) is 0.706. The van der Waals surface area contributed by atoms with Crippen LogP contribution in [0, 0.1) is 5.92 Å². The van der Waals surface area contributed by atoms with Gasteiger partial charge in [-0.3, -0.25) is 14.4 Å². The van der Waals surface area contributed by atoms with E-state index in [-0.39, 0.29) is 5.92 Å². The largest absolute Gasteiger partial charge is 0.298 e. The van der Waals surface area contributed by atoms with Crippen LogP contribution in [0.25, 0.3) is 0 Å². The van der Waals surface area contributed by atoms with Gasteiger partial charge >= 0.3 is 0 Å². The van der Waals surface area contributed by atoms with Gasteiger partial charge < -0.3 is 0 Å². The fourth-order valence-electron chi connectivity index (χ4n) is 1.38. The van der Waals surface area contributed by atoms with Crippen LogP contribution < -0.4 is 4.72 Å². The van der Waals surface area contributed by atoms with Crippen molar-refractivity contribution in [2.45, 2.75) is 19.9 Å². The van der Waals surface area contributed by atoms with Gasteiger partial charge in [0.05, 0.1) is 12.3 Å². The molecule has 1 N–H and O–H groups in total. The van der Waals surface area contributed by atoms with Crippen LogP contribution in [0.4, 0.5) is 0 Å². The molecular formula is C8H18N2O3S. The fraction of sp³-hybridized carbons (Fsp3) is 0.875. The first-order valence-corrected chi connectivity index (χ1v) is 6.22. The van der Waals surface area contributed by atoms with E-state index in [4.69, 9.17) is 0 Å². The van der Waals surface area contributed by atoms with Gasteiger partial charge in [-0.05, 0) is 20.0 Å². The van der Waals surface area contributed by atoms with E-state index in [0.717, 1.165) is 6.26 Å². The summed E-state index contributed by atoms with van der Waals surface area (Å²) in [6.07, 6.45) is 0.970. The number of rotatable bonds is 4. The summed E-state index contributed by atoms with van der Waals surface area (Å²) in [5.41, 5.74) is 0. The van der Waals surface area contributed by atoms with Crippen molar-refractivity contribution in [3.63, 3.8) is 0 Å². The predicted octanol–water partition coefficient (Wildman–Crippen LogP) is -0.352. The van der Waals surface area contributed by atoms with Crippen molar-refractivity contribution in [1.82, 2.24) is 9.62 Å². The van der Waals surface area contributed by atoms with E-state index in [1.54, 1.807) is 19.0 Å². The molecule has 1 atom stereocenters. The Labute approximate surface area is 85.5 Å². The molecule has 84 valence electrons. The highest BCUT2D eigenvalue weighted by Crippen LogP contribution is 2.07. The molecule has 0 rings (SSSR count). The second-order valence-corrected chi connectivity index (χ2v) is 5.64. The minimum absolute atomic E-state index is 0.0618. The third kappa shape index (κ3) is 4.57. The van der Waals surface area contributed by atoms with E-state index in [1.807, 2.05) is 18.6 Å². The van der Waals surface area contributed by atoms with Crippen LogP contribution in [0.15, 0.2) is 0 Å². The Kier molecular flexibility index (Phi) is 4.54. The molecule has 0 aromatic rings. The van der Waals surface area contributed by atoms with Crippen molar-refractivity contribution < 1.29 is 13.2 Å². The lowest BCUT2D eigenvalue weighted by Gasteiger charge is -2.26. The number of likely N-dealkylation sites (N-methyl/N-ethyl adjacent to an activating group) is 1. The summed E-state index contributed by atoms with van der Waals surface area (Å²) in [6.45, 7) is 3.74. The van der Waals surface area contributed by atoms with E-state index in [1.165, 1.54) is 0 Å². The summed E-state index contributed by atoms with van der Waals surface area (Å²) in [5, 5.41) is 0. The molecule has 0 aliphatic rings. The van der Waals surface area contributed by atoms with Crippen LogP contribution in [0.2, 0.25) is 0 Å². The molecule has 14 heavy (non-hydrogen) atoms. The summed E-state index contributed by atoms with van der Waals surface area (Å²) in [4.78, 5) is 13.2. The maximum Gasteiger partial charge on any atom is 0.251 e. The van der Waals surface area contributed by atoms with Gasteiger partial charge in [0, 0.05) is 0 Å². The second-order valence-electron chi connectivity index (χ2n) is 3.89. The molecule has 6 heteroatoms.